The molecule has 0 aromatic heterocycles. The topological polar surface area (TPSA) is 26.0 Å². The van der Waals surface area contributed by atoms with Gasteiger partial charge in [-0.05, 0) is 36.5 Å². The molecule has 0 fully saturated rings. The van der Waals surface area contributed by atoms with Gasteiger partial charge in [-0.2, -0.15) is 0 Å². The fourth-order valence-corrected chi connectivity index (χ4v) is 2.60. The first-order valence-corrected chi connectivity index (χ1v) is 6.37. The Kier molecular flexibility index (Phi) is 4.81. The first-order valence-electron chi connectivity index (χ1n) is 5.58. The molecule has 0 amide bonds. The zero-order valence-electron chi connectivity index (χ0n) is 9.76. The van der Waals surface area contributed by atoms with E-state index in [9.17, 15) is 0 Å². The highest BCUT2D eigenvalue weighted by molar-refractivity contribution is 9.10. The molecule has 0 aliphatic carbocycles. The van der Waals surface area contributed by atoms with Crippen LogP contribution in [0.2, 0.25) is 0 Å². The van der Waals surface area contributed by atoms with Crippen molar-refractivity contribution in [3.63, 3.8) is 0 Å². The van der Waals surface area contributed by atoms with Crippen LogP contribution in [0.5, 0.6) is 0 Å². The monoisotopic (exact) mass is 269 g/mol. The van der Waals surface area contributed by atoms with E-state index in [4.69, 9.17) is 5.73 Å². The second-order valence-corrected chi connectivity index (χ2v) is 5.17. The summed E-state index contributed by atoms with van der Waals surface area (Å²) in [5, 5.41) is 0. The van der Waals surface area contributed by atoms with E-state index in [1.807, 2.05) is 0 Å². The van der Waals surface area contributed by atoms with Crippen LogP contribution in [0, 0.1) is 12.8 Å². The first-order chi connectivity index (χ1) is 7.06. The maximum absolute atomic E-state index is 6.25. The van der Waals surface area contributed by atoms with E-state index < -0.39 is 0 Å². The van der Waals surface area contributed by atoms with Crippen molar-refractivity contribution in [3.8, 4) is 0 Å². The third-order valence-corrected chi connectivity index (χ3v) is 3.56. The van der Waals surface area contributed by atoms with Crippen molar-refractivity contribution >= 4 is 15.9 Å². The summed E-state index contributed by atoms with van der Waals surface area (Å²) in [6.45, 7) is 6.52. The molecule has 2 atom stereocenters. The molecule has 0 aliphatic rings. The average molecular weight is 270 g/mol. The van der Waals surface area contributed by atoms with E-state index in [-0.39, 0.29) is 6.04 Å². The number of halogens is 1. The Morgan fingerprint density at radius 2 is 2.07 bits per heavy atom. The van der Waals surface area contributed by atoms with Gasteiger partial charge in [0.05, 0.1) is 0 Å². The van der Waals surface area contributed by atoms with Crippen LogP contribution in [0.1, 0.15) is 43.9 Å². The van der Waals surface area contributed by atoms with Crippen LogP contribution >= 0.6 is 15.9 Å². The number of hydrogen-bond donors (Lipinski definition) is 1. The van der Waals surface area contributed by atoms with Gasteiger partial charge in [0.1, 0.15) is 0 Å². The van der Waals surface area contributed by atoms with Crippen molar-refractivity contribution in [2.75, 3.05) is 0 Å². The molecule has 2 N–H and O–H groups in total. The smallest absolute Gasteiger partial charge is 0.0332 e. The fraction of sp³-hybridized carbons (Fsp3) is 0.538. The maximum Gasteiger partial charge on any atom is 0.0332 e. The quantitative estimate of drug-likeness (QED) is 0.872. The van der Waals surface area contributed by atoms with Gasteiger partial charge in [-0.15, -0.1) is 0 Å². The molecule has 15 heavy (non-hydrogen) atoms. The number of nitrogens with two attached hydrogens (primary N) is 1. The number of rotatable bonds is 4. The van der Waals surface area contributed by atoms with E-state index in [0.29, 0.717) is 5.92 Å². The number of aryl methyl sites for hydroxylation is 1. The summed E-state index contributed by atoms with van der Waals surface area (Å²) in [6, 6.07) is 6.53. The zero-order chi connectivity index (χ0) is 11.4. The molecule has 1 aromatic rings. The summed E-state index contributed by atoms with van der Waals surface area (Å²) in [5.74, 6) is 0.536. The van der Waals surface area contributed by atoms with Gasteiger partial charge in [0.25, 0.3) is 0 Å². The summed E-state index contributed by atoms with van der Waals surface area (Å²) < 4.78 is 1.14. The molecule has 1 nitrogen and oxygen atoms in total. The fourth-order valence-electron chi connectivity index (χ4n) is 1.84. The lowest BCUT2D eigenvalue weighted by atomic mass is 9.91. The van der Waals surface area contributed by atoms with Gasteiger partial charge in [0, 0.05) is 10.5 Å². The lowest BCUT2D eigenvalue weighted by molar-refractivity contribution is 0.432. The lowest BCUT2D eigenvalue weighted by Crippen LogP contribution is -2.19. The Morgan fingerprint density at radius 1 is 1.40 bits per heavy atom. The molecule has 2 unspecified atom stereocenters. The van der Waals surface area contributed by atoms with Crippen LogP contribution < -0.4 is 5.73 Å². The van der Waals surface area contributed by atoms with Crippen molar-refractivity contribution in [2.45, 2.75) is 39.7 Å². The van der Waals surface area contributed by atoms with Gasteiger partial charge in [-0.3, -0.25) is 0 Å². The van der Waals surface area contributed by atoms with E-state index in [0.717, 1.165) is 4.47 Å². The number of benzene rings is 1. The van der Waals surface area contributed by atoms with Crippen molar-refractivity contribution < 1.29 is 0 Å². The Hall–Kier alpha value is -0.340. The average Bonchev–Trinajstić information content (AvgIpc) is 2.17. The van der Waals surface area contributed by atoms with Gasteiger partial charge in [0.15, 0.2) is 0 Å². The molecule has 0 bridgehead atoms. The van der Waals surface area contributed by atoms with E-state index in [1.165, 1.54) is 24.0 Å². The molecule has 0 spiro atoms. The molecule has 2 heteroatoms. The minimum atomic E-state index is 0.139. The van der Waals surface area contributed by atoms with Gasteiger partial charge in [-0.1, -0.05) is 48.3 Å². The van der Waals surface area contributed by atoms with Crippen LogP contribution in [0.25, 0.3) is 0 Å². The Bertz CT molecular complexity index is 322. The second kappa shape index (κ2) is 5.66. The first kappa shape index (κ1) is 12.7. The minimum Gasteiger partial charge on any atom is -0.324 e. The molecule has 84 valence electrons. The standard InChI is InChI=1S/C13H20BrN/c1-4-5-10(3)13(15)11-7-6-9(2)8-12(11)14/h6-8,10,13H,4-5,15H2,1-3H3. The molecule has 0 heterocycles. The highest BCUT2D eigenvalue weighted by Gasteiger charge is 2.16. The molecular formula is C13H20BrN. The molecule has 0 saturated heterocycles. The van der Waals surface area contributed by atoms with Crippen molar-refractivity contribution in [2.24, 2.45) is 11.7 Å². The van der Waals surface area contributed by atoms with E-state index >= 15 is 0 Å². The Balaban J connectivity index is 2.86. The van der Waals surface area contributed by atoms with Crippen LogP contribution in [-0.4, -0.2) is 0 Å². The predicted octanol–water partition coefficient (Wildman–Crippen LogP) is 4.19. The molecule has 0 aliphatic heterocycles. The summed E-state index contributed by atoms with van der Waals surface area (Å²) >= 11 is 3.59. The normalized spacial score (nSPS) is 15.0. The van der Waals surface area contributed by atoms with Crippen molar-refractivity contribution in [1.29, 1.82) is 0 Å². The van der Waals surface area contributed by atoms with Crippen LogP contribution in [-0.2, 0) is 0 Å². The largest absolute Gasteiger partial charge is 0.324 e. The highest BCUT2D eigenvalue weighted by atomic mass is 79.9. The minimum absolute atomic E-state index is 0.139. The van der Waals surface area contributed by atoms with E-state index in [1.54, 1.807) is 0 Å². The summed E-state index contributed by atoms with van der Waals surface area (Å²) in [5.41, 5.74) is 8.73. The maximum atomic E-state index is 6.25. The SMILES string of the molecule is CCCC(C)C(N)c1ccc(C)cc1Br. The summed E-state index contributed by atoms with van der Waals surface area (Å²) in [4.78, 5) is 0. The number of hydrogen-bond acceptors (Lipinski definition) is 1. The summed E-state index contributed by atoms with van der Waals surface area (Å²) in [7, 11) is 0. The third kappa shape index (κ3) is 3.32. The Morgan fingerprint density at radius 3 is 2.60 bits per heavy atom. The van der Waals surface area contributed by atoms with Gasteiger partial charge < -0.3 is 5.73 Å². The van der Waals surface area contributed by atoms with Crippen molar-refractivity contribution in [1.82, 2.24) is 0 Å². The molecule has 0 saturated carbocycles. The van der Waals surface area contributed by atoms with E-state index in [2.05, 4.69) is 54.9 Å². The molecular weight excluding hydrogens is 250 g/mol. The highest BCUT2D eigenvalue weighted by Crippen LogP contribution is 2.29. The van der Waals surface area contributed by atoms with Crippen LogP contribution in [0.4, 0.5) is 0 Å². The molecule has 0 radical (unpaired) electrons. The zero-order valence-corrected chi connectivity index (χ0v) is 11.3. The molecule has 1 rings (SSSR count). The third-order valence-electron chi connectivity index (χ3n) is 2.87. The van der Waals surface area contributed by atoms with Crippen molar-refractivity contribution in [3.05, 3.63) is 33.8 Å². The van der Waals surface area contributed by atoms with Gasteiger partial charge >= 0.3 is 0 Å². The van der Waals surface area contributed by atoms with Crippen LogP contribution in [0.3, 0.4) is 0 Å². The van der Waals surface area contributed by atoms with Gasteiger partial charge in [0.2, 0.25) is 0 Å². The Labute approximate surface area is 101 Å². The summed E-state index contributed by atoms with van der Waals surface area (Å²) in [6.07, 6.45) is 2.37. The lowest BCUT2D eigenvalue weighted by Gasteiger charge is -2.21. The van der Waals surface area contributed by atoms with Gasteiger partial charge in [-0.25, -0.2) is 0 Å². The molecule has 1 aromatic carbocycles. The predicted molar refractivity (Wildman–Crippen MR) is 69.9 cm³/mol. The second-order valence-electron chi connectivity index (χ2n) is 4.32. The van der Waals surface area contributed by atoms with Crippen LogP contribution in [0.15, 0.2) is 22.7 Å².